The number of rotatable bonds is 8. The van der Waals surface area contributed by atoms with Gasteiger partial charge in [0, 0.05) is 60.5 Å². The summed E-state index contributed by atoms with van der Waals surface area (Å²) in [6.45, 7) is 8.24. The molecule has 0 radical (unpaired) electrons. The molecule has 0 aromatic heterocycles. The molecular formula is C46H62N2O9. The van der Waals surface area contributed by atoms with Gasteiger partial charge < -0.3 is 29.0 Å². The first kappa shape index (κ1) is 39.0. The Hall–Kier alpha value is -3.44. The van der Waals surface area contributed by atoms with Gasteiger partial charge in [-0.05, 0) is 105 Å². The van der Waals surface area contributed by atoms with Crippen molar-refractivity contribution in [1.82, 2.24) is 4.90 Å². The highest BCUT2D eigenvalue weighted by atomic mass is 16.6. The third-order valence-corrected chi connectivity index (χ3v) is 17.8. The summed E-state index contributed by atoms with van der Waals surface area (Å²) in [4.78, 5) is 58.6. The van der Waals surface area contributed by atoms with E-state index in [0.717, 1.165) is 69.2 Å². The zero-order chi connectivity index (χ0) is 40.3. The van der Waals surface area contributed by atoms with Gasteiger partial charge in [0.15, 0.2) is 6.10 Å². The first-order valence-corrected chi connectivity index (χ1v) is 21.8. The smallest absolute Gasteiger partial charge is 0.344 e. The van der Waals surface area contributed by atoms with Crippen molar-refractivity contribution >= 4 is 29.4 Å². The van der Waals surface area contributed by atoms with Gasteiger partial charge in [0.2, 0.25) is 5.60 Å². The van der Waals surface area contributed by atoms with E-state index >= 15 is 0 Å². The molecule has 0 unspecified atom stereocenters. The predicted molar refractivity (Wildman–Crippen MR) is 211 cm³/mol. The van der Waals surface area contributed by atoms with Crippen LogP contribution in [0.4, 0.5) is 5.69 Å². The van der Waals surface area contributed by atoms with Crippen LogP contribution < -0.4 is 9.64 Å². The Morgan fingerprint density at radius 2 is 1.67 bits per heavy atom. The van der Waals surface area contributed by atoms with E-state index in [1.165, 1.54) is 7.11 Å². The molecule has 3 aliphatic heterocycles. The average Bonchev–Trinajstić information content (AvgIpc) is 3.84. The molecule has 13 atom stereocenters. The summed E-state index contributed by atoms with van der Waals surface area (Å²) < 4.78 is 23.7. The van der Waals surface area contributed by atoms with Gasteiger partial charge in [-0.3, -0.25) is 19.3 Å². The molecule has 8 aliphatic rings. The first-order valence-electron chi connectivity index (χ1n) is 21.8. The fourth-order valence-electron chi connectivity index (χ4n) is 15.3. The number of carbonyl (C=O) groups excluding carboxylic acids is 4. The van der Waals surface area contributed by atoms with E-state index in [0.29, 0.717) is 61.0 Å². The maximum Gasteiger partial charge on any atom is 0.344 e. The van der Waals surface area contributed by atoms with Crippen molar-refractivity contribution in [3.05, 3.63) is 35.9 Å². The van der Waals surface area contributed by atoms with E-state index in [-0.39, 0.29) is 35.8 Å². The summed E-state index contributed by atoms with van der Waals surface area (Å²) in [5, 5.41) is 13.1. The minimum Gasteiger partial charge on any atom is -0.497 e. The van der Waals surface area contributed by atoms with Crippen molar-refractivity contribution < 1.29 is 43.2 Å². The number of Topliss-reactive ketones (excluding diaryl/α,β-unsaturated/α-hetero) is 1. The molecule has 11 nitrogen and oxygen atoms in total. The Morgan fingerprint density at radius 1 is 0.912 bits per heavy atom. The number of fused-ring (bicyclic) bond motifs is 6. The molecule has 0 amide bonds. The summed E-state index contributed by atoms with van der Waals surface area (Å²) in [5.74, 6) is 1.35. The second kappa shape index (κ2) is 13.5. The quantitative estimate of drug-likeness (QED) is 0.191. The van der Waals surface area contributed by atoms with Crippen LogP contribution in [0.1, 0.15) is 110 Å². The first-order chi connectivity index (χ1) is 27.2. The van der Waals surface area contributed by atoms with Crippen LogP contribution in [0.15, 0.2) is 30.4 Å². The molecule has 310 valence electrons. The molecule has 57 heavy (non-hydrogen) atoms. The lowest BCUT2D eigenvalue weighted by molar-refractivity contribution is -0.229. The third-order valence-electron chi connectivity index (χ3n) is 17.8. The number of hydrogen-bond donors (Lipinski definition) is 1. The Balaban J connectivity index is 0.936. The fraction of sp³-hybridized carbons (Fsp3) is 0.739. The Bertz CT molecular complexity index is 1880. The zero-order valence-electron chi connectivity index (χ0n) is 34.7. The van der Waals surface area contributed by atoms with Gasteiger partial charge in [0.05, 0.1) is 33.1 Å². The number of nitrogens with zero attached hydrogens (tertiary/aromatic N) is 2. The van der Waals surface area contributed by atoms with Crippen LogP contribution in [0.25, 0.3) is 0 Å². The maximum atomic E-state index is 14.2. The number of ether oxygens (including phenoxy) is 4. The molecule has 5 saturated carbocycles. The van der Waals surface area contributed by atoms with Crippen molar-refractivity contribution in [3.63, 3.8) is 0 Å². The van der Waals surface area contributed by atoms with Crippen LogP contribution >= 0.6 is 0 Å². The standard InChI is InChI=1S/C46H62N2O9/c1-7-44-19-8-23-48-24-22-45(38(44)48)33-12-10-29(54-5)26-34(33)47(4)39(45)46(53,41(52)55-6)40(44)57-37(51)16-15-36(50)56-35-14-13-31-30-11-9-27-25-28(49)17-20-42(27,2)32(30)18-21-43(31,35)3/h8,10,12,19,26-27,30-32,35,38-40,53H,7,9,11,13-18,20-25H2,1-6H3/t27-,30-,31-,32-,35-,38-,39+,40+,42-,43-,44+,45+,46-/m0/s1. The van der Waals surface area contributed by atoms with Crippen molar-refractivity contribution in [2.24, 2.45) is 39.9 Å². The number of carbonyl (C=O) groups is 4. The van der Waals surface area contributed by atoms with E-state index in [4.69, 9.17) is 18.9 Å². The van der Waals surface area contributed by atoms with E-state index in [1.807, 2.05) is 31.0 Å². The van der Waals surface area contributed by atoms with Gasteiger partial charge in [-0.25, -0.2) is 4.79 Å². The van der Waals surface area contributed by atoms with Gasteiger partial charge in [-0.15, -0.1) is 0 Å². The van der Waals surface area contributed by atoms with Gasteiger partial charge >= 0.3 is 17.9 Å². The molecule has 1 saturated heterocycles. The number of benzene rings is 1. The molecule has 9 rings (SSSR count). The van der Waals surface area contributed by atoms with Gasteiger partial charge in [0.25, 0.3) is 0 Å². The Kier molecular flexibility index (Phi) is 9.28. The summed E-state index contributed by atoms with van der Waals surface area (Å²) in [5.41, 5.74) is -1.84. The number of likely N-dealkylation sites (N-methyl/N-ethyl adjacent to an activating group) is 1. The summed E-state index contributed by atoms with van der Waals surface area (Å²) in [7, 11) is 4.76. The van der Waals surface area contributed by atoms with E-state index in [9.17, 15) is 24.3 Å². The highest BCUT2D eigenvalue weighted by Gasteiger charge is 2.80. The molecule has 5 aliphatic carbocycles. The van der Waals surface area contributed by atoms with Crippen molar-refractivity contribution in [3.8, 4) is 5.75 Å². The Morgan fingerprint density at radius 3 is 2.40 bits per heavy atom. The van der Waals surface area contributed by atoms with Crippen LogP contribution in [-0.2, 0) is 38.8 Å². The second-order valence-corrected chi connectivity index (χ2v) is 19.6. The predicted octanol–water partition coefficient (Wildman–Crippen LogP) is 5.93. The average molecular weight is 787 g/mol. The molecule has 6 fully saturated rings. The fourth-order valence-corrected chi connectivity index (χ4v) is 15.3. The summed E-state index contributed by atoms with van der Waals surface area (Å²) in [6.07, 6.45) is 12.1. The highest BCUT2D eigenvalue weighted by molar-refractivity contribution is 5.87. The Labute approximate surface area is 337 Å². The minimum atomic E-state index is -2.24. The highest BCUT2D eigenvalue weighted by Crippen LogP contribution is 2.68. The van der Waals surface area contributed by atoms with Crippen LogP contribution in [0.5, 0.6) is 5.75 Å². The summed E-state index contributed by atoms with van der Waals surface area (Å²) in [6, 6.07) is 4.97. The SMILES string of the molecule is CC[C@]12C=CCN3CC[C@@]4(c5ccc(OC)cc5N(C)[C@H]4[C@@](O)(C(=O)OC)[C@@H]1OC(=O)CCC(=O)O[C@H]1CC[C@H]4[C@@H]5CC[C@H]6CC(=O)CC[C@]6(C)[C@H]5CC[C@]14C)[C@@H]32. The molecule has 0 bridgehead atoms. The van der Waals surface area contributed by atoms with E-state index in [1.54, 1.807) is 7.11 Å². The molecule has 1 aromatic carbocycles. The number of ketones is 1. The molecular weight excluding hydrogens is 725 g/mol. The topological polar surface area (TPSA) is 132 Å². The van der Waals surface area contributed by atoms with Crippen LogP contribution in [0.3, 0.4) is 0 Å². The third kappa shape index (κ3) is 5.21. The zero-order valence-corrected chi connectivity index (χ0v) is 34.7. The summed E-state index contributed by atoms with van der Waals surface area (Å²) >= 11 is 0. The maximum absolute atomic E-state index is 14.2. The lowest BCUT2D eigenvalue weighted by atomic mass is 9.45. The van der Waals surface area contributed by atoms with Crippen LogP contribution in [0.2, 0.25) is 0 Å². The molecule has 3 heterocycles. The van der Waals surface area contributed by atoms with Gasteiger partial charge in [0.1, 0.15) is 17.6 Å². The number of esters is 3. The van der Waals surface area contributed by atoms with E-state index in [2.05, 4.69) is 37.0 Å². The van der Waals surface area contributed by atoms with Crippen LogP contribution in [-0.4, -0.2) is 97.9 Å². The number of anilines is 1. The number of methoxy groups -OCH3 is 2. The number of hydrogen-bond acceptors (Lipinski definition) is 11. The van der Waals surface area contributed by atoms with Crippen molar-refractivity contribution in [1.29, 1.82) is 0 Å². The molecule has 1 aromatic rings. The largest absolute Gasteiger partial charge is 0.497 e. The monoisotopic (exact) mass is 786 g/mol. The molecule has 1 N–H and O–H groups in total. The second-order valence-electron chi connectivity index (χ2n) is 19.6. The van der Waals surface area contributed by atoms with Gasteiger partial charge in [-0.1, -0.05) is 39.0 Å². The van der Waals surface area contributed by atoms with Crippen molar-refractivity contribution in [2.75, 3.05) is 39.3 Å². The minimum absolute atomic E-state index is 0.112. The van der Waals surface area contributed by atoms with Crippen molar-refractivity contribution in [2.45, 2.75) is 140 Å². The molecule has 1 spiro atoms. The van der Waals surface area contributed by atoms with E-state index < -0.39 is 46.5 Å². The number of aliphatic hydroxyl groups is 1. The lowest BCUT2D eigenvalue weighted by Crippen LogP contribution is -2.81. The molecule has 11 heteroatoms. The van der Waals surface area contributed by atoms with Gasteiger partial charge in [-0.2, -0.15) is 0 Å². The normalized spacial score (nSPS) is 43.8. The lowest BCUT2D eigenvalue weighted by Gasteiger charge is -2.63. The van der Waals surface area contributed by atoms with Crippen LogP contribution in [0, 0.1) is 39.9 Å².